The van der Waals surface area contributed by atoms with Crippen molar-refractivity contribution in [3.05, 3.63) is 29.7 Å². The number of benzene rings is 1. The minimum atomic E-state index is -0.278. The Labute approximate surface area is 128 Å². The largest absolute Gasteiger partial charge is 0.469 e. The Balaban J connectivity index is 1.98. The number of carbonyl (C=O) groups excluding carboxylic acids is 2. The summed E-state index contributed by atoms with van der Waals surface area (Å²) in [5.74, 6) is 0.383. The van der Waals surface area contributed by atoms with Crippen molar-refractivity contribution in [1.29, 1.82) is 0 Å². The normalized spacial score (nSPS) is 10.9. The summed E-state index contributed by atoms with van der Waals surface area (Å²) in [6.07, 6.45) is 0.832. The van der Waals surface area contributed by atoms with Gasteiger partial charge in [0.05, 0.1) is 7.11 Å². The zero-order valence-corrected chi connectivity index (χ0v) is 13.0. The van der Waals surface area contributed by atoms with Crippen LogP contribution in [0.25, 0.3) is 11.1 Å². The van der Waals surface area contributed by atoms with E-state index in [-0.39, 0.29) is 24.2 Å². The Morgan fingerprint density at radius 3 is 2.82 bits per heavy atom. The van der Waals surface area contributed by atoms with Crippen LogP contribution >= 0.6 is 0 Å². The number of rotatable bonds is 6. The number of aromatic nitrogens is 1. The van der Waals surface area contributed by atoms with E-state index >= 15 is 0 Å². The highest BCUT2D eigenvalue weighted by molar-refractivity contribution is 5.97. The number of ether oxygens (including phenoxy) is 1. The first-order chi connectivity index (χ1) is 10.5. The molecule has 0 fully saturated rings. The average Bonchev–Trinajstić information content (AvgIpc) is 2.94. The molecular weight excluding hydrogens is 284 g/mol. The maximum Gasteiger partial charge on any atom is 0.305 e. The molecule has 0 unspecified atom stereocenters. The molecule has 6 nitrogen and oxygen atoms in total. The maximum absolute atomic E-state index is 12.1. The van der Waals surface area contributed by atoms with E-state index in [9.17, 15) is 9.59 Å². The molecule has 1 heterocycles. The number of nitrogens with zero attached hydrogens (tertiary/aromatic N) is 1. The van der Waals surface area contributed by atoms with Gasteiger partial charge in [0.15, 0.2) is 11.5 Å². The summed E-state index contributed by atoms with van der Waals surface area (Å²) >= 11 is 0. The molecule has 2 aromatic rings. The Morgan fingerprint density at radius 2 is 2.14 bits per heavy atom. The van der Waals surface area contributed by atoms with Crippen molar-refractivity contribution in [2.45, 2.75) is 32.6 Å². The predicted molar refractivity (Wildman–Crippen MR) is 81.7 cm³/mol. The number of methoxy groups -OCH3 is 1. The molecule has 1 N–H and O–H groups in total. The third-order valence-electron chi connectivity index (χ3n) is 3.23. The molecule has 0 aliphatic carbocycles. The minimum Gasteiger partial charge on any atom is -0.469 e. The van der Waals surface area contributed by atoms with Gasteiger partial charge in [-0.1, -0.05) is 13.8 Å². The van der Waals surface area contributed by atoms with Gasteiger partial charge in [-0.2, -0.15) is 0 Å². The maximum atomic E-state index is 12.1. The zero-order valence-electron chi connectivity index (χ0n) is 13.0. The second-order valence-corrected chi connectivity index (χ2v) is 5.32. The SMILES string of the molecule is COC(=O)CCCNC(=O)c1ccc2oc(C(C)C)nc2c1. The molecule has 0 saturated heterocycles. The van der Waals surface area contributed by atoms with Crippen molar-refractivity contribution in [3.8, 4) is 0 Å². The summed E-state index contributed by atoms with van der Waals surface area (Å²) in [5.41, 5.74) is 1.87. The highest BCUT2D eigenvalue weighted by Gasteiger charge is 2.12. The van der Waals surface area contributed by atoms with Gasteiger partial charge < -0.3 is 14.5 Å². The van der Waals surface area contributed by atoms with E-state index in [4.69, 9.17) is 4.42 Å². The fraction of sp³-hybridized carbons (Fsp3) is 0.438. The first-order valence-corrected chi connectivity index (χ1v) is 7.26. The van der Waals surface area contributed by atoms with E-state index in [1.807, 2.05) is 13.8 Å². The Bertz CT molecular complexity index is 676. The lowest BCUT2D eigenvalue weighted by Crippen LogP contribution is -2.24. The number of hydrogen-bond acceptors (Lipinski definition) is 5. The number of nitrogens with one attached hydrogen (secondary N) is 1. The summed E-state index contributed by atoms with van der Waals surface area (Å²) in [7, 11) is 1.35. The molecule has 0 spiro atoms. The zero-order chi connectivity index (χ0) is 16.1. The van der Waals surface area contributed by atoms with Crippen molar-refractivity contribution >= 4 is 23.0 Å². The number of esters is 1. The van der Waals surface area contributed by atoms with Gasteiger partial charge in [0.2, 0.25) is 0 Å². The van der Waals surface area contributed by atoms with Crippen LogP contribution < -0.4 is 5.32 Å². The molecule has 0 radical (unpaired) electrons. The first-order valence-electron chi connectivity index (χ1n) is 7.26. The second kappa shape index (κ2) is 7.06. The molecule has 0 aliphatic heterocycles. The summed E-state index contributed by atoms with van der Waals surface area (Å²) in [6.45, 7) is 4.42. The highest BCUT2D eigenvalue weighted by Crippen LogP contribution is 2.21. The number of fused-ring (bicyclic) bond motifs is 1. The van der Waals surface area contributed by atoms with Crippen LogP contribution in [0.5, 0.6) is 0 Å². The molecule has 1 aromatic heterocycles. The Hall–Kier alpha value is -2.37. The third kappa shape index (κ3) is 3.84. The number of hydrogen-bond donors (Lipinski definition) is 1. The standard InChI is InChI=1S/C16H20N2O4/c1-10(2)16-18-12-9-11(6-7-13(12)22-16)15(20)17-8-4-5-14(19)21-3/h6-7,9-10H,4-5,8H2,1-3H3,(H,17,20). The molecule has 0 saturated carbocycles. The molecule has 2 rings (SSSR count). The summed E-state index contributed by atoms with van der Waals surface area (Å²) in [5, 5.41) is 2.77. The van der Waals surface area contributed by atoms with Gasteiger partial charge in [-0.15, -0.1) is 0 Å². The van der Waals surface area contributed by atoms with Crippen LogP contribution in [-0.2, 0) is 9.53 Å². The monoisotopic (exact) mass is 304 g/mol. The van der Waals surface area contributed by atoms with Crippen LogP contribution in [-0.4, -0.2) is 30.5 Å². The van der Waals surface area contributed by atoms with Crippen molar-refractivity contribution in [2.75, 3.05) is 13.7 Å². The van der Waals surface area contributed by atoms with Gasteiger partial charge in [0.1, 0.15) is 5.52 Å². The number of carbonyl (C=O) groups is 2. The average molecular weight is 304 g/mol. The Morgan fingerprint density at radius 1 is 1.36 bits per heavy atom. The molecular formula is C16H20N2O4. The second-order valence-electron chi connectivity index (χ2n) is 5.32. The van der Waals surface area contributed by atoms with Crippen LogP contribution in [0.15, 0.2) is 22.6 Å². The molecule has 0 atom stereocenters. The van der Waals surface area contributed by atoms with E-state index in [1.165, 1.54) is 7.11 Å². The molecule has 0 bridgehead atoms. The fourth-order valence-electron chi connectivity index (χ4n) is 1.97. The first kappa shape index (κ1) is 16.0. The summed E-state index contributed by atoms with van der Waals surface area (Å²) < 4.78 is 10.1. The van der Waals surface area contributed by atoms with Crippen LogP contribution in [0.1, 0.15) is 48.9 Å². The van der Waals surface area contributed by atoms with E-state index in [0.29, 0.717) is 35.5 Å². The molecule has 0 aliphatic rings. The van der Waals surface area contributed by atoms with E-state index in [1.54, 1.807) is 18.2 Å². The lowest BCUT2D eigenvalue weighted by molar-refractivity contribution is -0.140. The lowest BCUT2D eigenvalue weighted by atomic mass is 10.2. The molecule has 1 aromatic carbocycles. The topological polar surface area (TPSA) is 81.4 Å². The Kier molecular flexibility index (Phi) is 5.14. The van der Waals surface area contributed by atoms with Gasteiger partial charge in [-0.25, -0.2) is 4.98 Å². The smallest absolute Gasteiger partial charge is 0.305 e. The molecule has 1 amide bonds. The van der Waals surface area contributed by atoms with E-state index in [2.05, 4.69) is 15.0 Å². The van der Waals surface area contributed by atoms with E-state index in [0.717, 1.165) is 0 Å². The minimum absolute atomic E-state index is 0.194. The van der Waals surface area contributed by atoms with Crippen molar-refractivity contribution in [3.63, 3.8) is 0 Å². The quantitative estimate of drug-likeness (QED) is 0.655. The van der Waals surface area contributed by atoms with Crippen LogP contribution in [0.3, 0.4) is 0 Å². The summed E-state index contributed by atoms with van der Waals surface area (Å²) in [6, 6.07) is 5.16. The van der Waals surface area contributed by atoms with Crippen LogP contribution in [0, 0.1) is 0 Å². The highest BCUT2D eigenvalue weighted by atomic mass is 16.5. The van der Waals surface area contributed by atoms with E-state index < -0.39 is 0 Å². The summed E-state index contributed by atoms with van der Waals surface area (Å²) in [4.78, 5) is 27.4. The fourth-order valence-corrected chi connectivity index (χ4v) is 1.97. The van der Waals surface area contributed by atoms with Gasteiger partial charge in [-0.05, 0) is 24.6 Å². The van der Waals surface area contributed by atoms with Gasteiger partial charge >= 0.3 is 5.97 Å². The third-order valence-corrected chi connectivity index (χ3v) is 3.23. The van der Waals surface area contributed by atoms with Gasteiger partial charge in [0.25, 0.3) is 5.91 Å². The van der Waals surface area contributed by atoms with Crippen molar-refractivity contribution < 1.29 is 18.7 Å². The number of amides is 1. The molecule has 6 heteroatoms. The van der Waals surface area contributed by atoms with Gasteiger partial charge in [-0.3, -0.25) is 9.59 Å². The van der Waals surface area contributed by atoms with Gasteiger partial charge in [0, 0.05) is 24.4 Å². The van der Waals surface area contributed by atoms with Crippen LogP contribution in [0.2, 0.25) is 0 Å². The molecule has 118 valence electrons. The number of oxazole rings is 1. The molecule has 22 heavy (non-hydrogen) atoms. The predicted octanol–water partition coefficient (Wildman–Crippen LogP) is 2.63. The van der Waals surface area contributed by atoms with Crippen LogP contribution in [0.4, 0.5) is 0 Å². The lowest BCUT2D eigenvalue weighted by Gasteiger charge is -2.04. The van der Waals surface area contributed by atoms with Crippen molar-refractivity contribution in [1.82, 2.24) is 10.3 Å². The van der Waals surface area contributed by atoms with Crippen molar-refractivity contribution in [2.24, 2.45) is 0 Å².